The van der Waals surface area contributed by atoms with Gasteiger partial charge in [0.1, 0.15) is 0 Å². The maximum absolute atomic E-state index is 12.6. The lowest BCUT2D eigenvalue weighted by molar-refractivity contribution is 0.0672. The van der Waals surface area contributed by atoms with Crippen LogP contribution in [0.5, 0.6) is 0 Å². The molecule has 1 amide bonds. The summed E-state index contributed by atoms with van der Waals surface area (Å²) in [5.41, 5.74) is 0.468. The van der Waals surface area contributed by atoms with Gasteiger partial charge in [-0.2, -0.15) is 0 Å². The van der Waals surface area contributed by atoms with Crippen molar-refractivity contribution in [2.24, 2.45) is 5.92 Å². The van der Waals surface area contributed by atoms with Gasteiger partial charge in [0.15, 0.2) is 0 Å². The molecule has 136 valence electrons. The largest absolute Gasteiger partial charge is 0.383 e. The Morgan fingerprint density at radius 2 is 1.75 bits per heavy atom. The fourth-order valence-corrected chi connectivity index (χ4v) is 3.51. The van der Waals surface area contributed by atoms with Gasteiger partial charge in [0, 0.05) is 31.8 Å². The van der Waals surface area contributed by atoms with E-state index in [1.54, 1.807) is 38.0 Å². The Balaban J connectivity index is 2.95. The van der Waals surface area contributed by atoms with E-state index in [2.05, 4.69) is 4.72 Å². The lowest BCUT2D eigenvalue weighted by Gasteiger charge is -2.24. The summed E-state index contributed by atoms with van der Waals surface area (Å²) < 4.78 is 31.8. The van der Waals surface area contributed by atoms with Gasteiger partial charge in [-0.15, -0.1) is 0 Å². The van der Waals surface area contributed by atoms with Crippen LogP contribution in [-0.4, -0.2) is 52.1 Å². The normalized spacial score (nSPS) is 12.0. The molecule has 7 heteroatoms. The molecule has 0 fully saturated rings. The first-order valence-electron chi connectivity index (χ1n) is 8.08. The molecule has 1 aromatic rings. The Kier molecular flexibility index (Phi) is 7.86. The van der Waals surface area contributed by atoms with Crippen LogP contribution in [-0.2, 0) is 14.8 Å². The maximum Gasteiger partial charge on any atom is 0.253 e. The Morgan fingerprint density at radius 1 is 1.17 bits per heavy atom. The molecule has 0 aliphatic carbocycles. The van der Waals surface area contributed by atoms with E-state index in [1.807, 2.05) is 13.8 Å². The van der Waals surface area contributed by atoms with Gasteiger partial charge < -0.3 is 9.64 Å². The molecular formula is C17H28N2O4S. The van der Waals surface area contributed by atoms with Crippen molar-refractivity contribution < 1.29 is 17.9 Å². The van der Waals surface area contributed by atoms with E-state index >= 15 is 0 Å². The van der Waals surface area contributed by atoms with Crippen LogP contribution in [0, 0.1) is 5.92 Å². The topological polar surface area (TPSA) is 75.7 Å². The van der Waals surface area contributed by atoms with Crippen molar-refractivity contribution in [3.63, 3.8) is 0 Å². The molecule has 0 aliphatic heterocycles. The number of nitrogens with one attached hydrogen (secondary N) is 1. The smallest absolute Gasteiger partial charge is 0.253 e. The number of benzene rings is 1. The molecule has 0 saturated heterocycles. The molecule has 0 aromatic heterocycles. The zero-order valence-electron chi connectivity index (χ0n) is 15.1. The summed E-state index contributed by atoms with van der Waals surface area (Å²) >= 11 is 0. The molecule has 0 unspecified atom stereocenters. The highest BCUT2D eigenvalue weighted by Crippen LogP contribution is 2.13. The number of methoxy groups -OCH3 is 1. The highest BCUT2D eigenvalue weighted by molar-refractivity contribution is 7.89. The van der Waals surface area contributed by atoms with Crippen molar-refractivity contribution in [1.29, 1.82) is 0 Å². The second kappa shape index (κ2) is 9.15. The van der Waals surface area contributed by atoms with Crippen LogP contribution in [0.15, 0.2) is 29.2 Å². The Hall–Kier alpha value is -1.44. The van der Waals surface area contributed by atoms with Crippen LogP contribution in [0.3, 0.4) is 0 Å². The number of rotatable bonds is 9. The molecule has 1 N–H and O–H groups in total. The van der Waals surface area contributed by atoms with Gasteiger partial charge in [-0.05, 0) is 44.0 Å². The number of nitrogens with zero attached hydrogens (tertiary/aromatic N) is 1. The SMILES string of the molecule is COCCN(CC(C)C)C(=O)c1ccc(S(=O)(=O)NC(C)C)cc1. The van der Waals surface area contributed by atoms with Crippen molar-refractivity contribution in [3.05, 3.63) is 29.8 Å². The van der Waals surface area contributed by atoms with E-state index in [-0.39, 0.29) is 16.8 Å². The number of carbonyl (C=O) groups excluding carboxylic acids is 1. The molecule has 0 radical (unpaired) electrons. The molecule has 1 rings (SSSR count). The summed E-state index contributed by atoms with van der Waals surface area (Å²) in [6.07, 6.45) is 0. The van der Waals surface area contributed by atoms with Gasteiger partial charge in [0.2, 0.25) is 10.0 Å². The van der Waals surface area contributed by atoms with Crippen molar-refractivity contribution in [3.8, 4) is 0 Å². The molecule has 0 aliphatic rings. The summed E-state index contributed by atoms with van der Waals surface area (Å²) in [5, 5.41) is 0. The third kappa shape index (κ3) is 6.22. The van der Waals surface area contributed by atoms with Gasteiger partial charge in [-0.25, -0.2) is 13.1 Å². The summed E-state index contributed by atoms with van der Waals surface area (Å²) in [5.74, 6) is 0.210. The minimum Gasteiger partial charge on any atom is -0.383 e. The van der Waals surface area contributed by atoms with E-state index in [9.17, 15) is 13.2 Å². The molecule has 24 heavy (non-hydrogen) atoms. The first kappa shape index (κ1) is 20.6. The Labute approximate surface area is 145 Å². The van der Waals surface area contributed by atoms with Gasteiger partial charge in [0.05, 0.1) is 11.5 Å². The number of ether oxygens (including phenoxy) is 1. The van der Waals surface area contributed by atoms with Crippen molar-refractivity contribution in [2.45, 2.75) is 38.6 Å². The fraction of sp³-hybridized carbons (Fsp3) is 0.588. The predicted octanol–water partition coefficient (Wildman–Crippen LogP) is 2.12. The lowest BCUT2D eigenvalue weighted by Crippen LogP contribution is -2.36. The van der Waals surface area contributed by atoms with Crippen molar-refractivity contribution in [2.75, 3.05) is 26.8 Å². The van der Waals surface area contributed by atoms with E-state index in [0.717, 1.165) is 0 Å². The Bertz CT molecular complexity index is 624. The molecule has 0 spiro atoms. The number of carbonyl (C=O) groups is 1. The van der Waals surface area contributed by atoms with Gasteiger partial charge in [-0.1, -0.05) is 13.8 Å². The number of sulfonamides is 1. The number of amides is 1. The predicted molar refractivity (Wildman–Crippen MR) is 94.5 cm³/mol. The molecule has 0 atom stereocenters. The lowest BCUT2D eigenvalue weighted by atomic mass is 10.1. The average Bonchev–Trinajstić information content (AvgIpc) is 2.49. The summed E-state index contributed by atoms with van der Waals surface area (Å²) in [6.45, 7) is 9.19. The minimum absolute atomic E-state index is 0.124. The van der Waals surface area contributed by atoms with Gasteiger partial charge in [0.25, 0.3) is 5.91 Å². The van der Waals surface area contributed by atoms with Crippen LogP contribution < -0.4 is 4.72 Å². The highest BCUT2D eigenvalue weighted by atomic mass is 32.2. The van der Waals surface area contributed by atoms with E-state index in [0.29, 0.717) is 31.2 Å². The summed E-state index contributed by atoms with van der Waals surface area (Å²) in [7, 11) is -1.95. The molecule has 0 bridgehead atoms. The zero-order chi connectivity index (χ0) is 18.3. The first-order valence-corrected chi connectivity index (χ1v) is 9.56. The molecule has 1 aromatic carbocycles. The molecule has 6 nitrogen and oxygen atoms in total. The van der Waals surface area contributed by atoms with E-state index in [1.165, 1.54) is 12.1 Å². The van der Waals surface area contributed by atoms with Crippen molar-refractivity contribution in [1.82, 2.24) is 9.62 Å². The van der Waals surface area contributed by atoms with Crippen LogP contribution in [0.4, 0.5) is 0 Å². The van der Waals surface area contributed by atoms with Crippen LogP contribution in [0.1, 0.15) is 38.1 Å². The van der Waals surface area contributed by atoms with Gasteiger partial charge in [-0.3, -0.25) is 4.79 Å². The summed E-state index contributed by atoms with van der Waals surface area (Å²) in [6, 6.07) is 5.84. The molecule has 0 saturated carbocycles. The fourth-order valence-electron chi connectivity index (χ4n) is 2.26. The second-order valence-electron chi connectivity index (χ2n) is 6.44. The monoisotopic (exact) mass is 356 g/mol. The van der Waals surface area contributed by atoms with Crippen LogP contribution in [0.2, 0.25) is 0 Å². The van der Waals surface area contributed by atoms with E-state index < -0.39 is 10.0 Å². The average molecular weight is 356 g/mol. The highest BCUT2D eigenvalue weighted by Gasteiger charge is 2.19. The van der Waals surface area contributed by atoms with Gasteiger partial charge >= 0.3 is 0 Å². The van der Waals surface area contributed by atoms with Crippen LogP contribution >= 0.6 is 0 Å². The standard InChI is InChI=1S/C17H28N2O4S/c1-13(2)12-19(10-11-23-5)17(20)15-6-8-16(9-7-15)24(21,22)18-14(3)4/h6-9,13-14,18H,10-12H2,1-5H3. The third-order valence-corrected chi connectivity index (χ3v) is 4.91. The van der Waals surface area contributed by atoms with Crippen LogP contribution in [0.25, 0.3) is 0 Å². The number of hydrogen-bond donors (Lipinski definition) is 1. The zero-order valence-corrected chi connectivity index (χ0v) is 15.9. The Morgan fingerprint density at radius 3 is 2.21 bits per heavy atom. The quantitative estimate of drug-likeness (QED) is 0.735. The minimum atomic E-state index is -3.55. The third-order valence-electron chi connectivity index (χ3n) is 3.24. The maximum atomic E-state index is 12.6. The van der Waals surface area contributed by atoms with E-state index in [4.69, 9.17) is 4.74 Å². The molecule has 0 heterocycles. The van der Waals surface area contributed by atoms with Crippen molar-refractivity contribution >= 4 is 15.9 Å². The second-order valence-corrected chi connectivity index (χ2v) is 8.15. The molecular weight excluding hydrogens is 328 g/mol. The summed E-state index contributed by atoms with van der Waals surface area (Å²) in [4.78, 5) is 14.5. The number of hydrogen-bond acceptors (Lipinski definition) is 4. The first-order chi connectivity index (χ1) is 11.2.